The third-order valence-corrected chi connectivity index (χ3v) is 11.9. The van der Waals surface area contributed by atoms with Gasteiger partial charge in [-0.05, 0) is 96.3 Å². The van der Waals surface area contributed by atoms with Crippen molar-refractivity contribution in [2.24, 2.45) is 0 Å². The second-order valence-electron chi connectivity index (χ2n) is 18.5. The fourth-order valence-corrected chi connectivity index (χ4v) is 7.62. The lowest BCUT2D eigenvalue weighted by molar-refractivity contribution is -0.167. The zero-order valence-corrected chi connectivity index (χ0v) is 43.9. The van der Waals surface area contributed by atoms with Crippen LogP contribution in [-0.2, 0) is 28.6 Å². The van der Waals surface area contributed by atoms with Crippen LogP contribution < -0.4 is 0 Å². The summed E-state index contributed by atoms with van der Waals surface area (Å²) in [7, 11) is 0. The lowest BCUT2D eigenvalue weighted by atomic mass is 10.0. The lowest BCUT2D eigenvalue weighted by Gasteiger charge is -2.18. The summed E-state index contributed by atoms with van der Waals surface area (Å²) in [5, 5.41) is 0. The third kappa shape index (κ3) is 53.4. The highest BCUT2D eigenvalue weighted by molar-refractivity contribution is 5.71. The van der Waals surface area contributed by atoms with E-state index in [0.717, 1.165) is 89.9 Å². The summed E-state index contributed by atoms with van der Waals surface area (Å²) in [4.78, 5) is 38.1. The first-order chi connectivity index (χ1) is 33.0. The van der Waals surface area contributed by atoms with Gasteiger partial charge >= 0.3 is 17.9 Å². The minimum absolute atomic E-state index is 0.104. The maximum Gasteiger partial charge on any atom is 0.306 e. The summed E-state index contributed by atoms with van der Waals surface area (Å²) in [5.74, 6) is -0.978. The van der Waals surface area contributed by atoms with E-state index in [-0.39, 0.29) is 37.5 Å². The summed E-state index contributed by atoms with van der Waals surface area (Å²) in [6.45, 7) is 6.53. The van der Waals surface area contributed by atoms with Crippen LogP contribution in [0.25, 0.3) is 0 Å². The van der Waals surface area contributed by atoms with E-state index in [4.69, 9.17) is 14.2 Å². The summed E-state index contributed by atoms with van der Waals surface area (Å²) in [6, 6.07) is 0. The topological polar surface area (TPSA) is 78.9 Å². The molecule has 1 atom stereocenters. The summed E-state index contributed by atoms with van der Waals surface area (Å²) < 4.78 is 16.8. The Hall–Kier alpha value is -3.41. The minimum atomic E-state index is -0.813. The van der Waals surface area contributed by atoms with Crippen molar-refractivity contribution in [3.05, 3.63) is 85.1 Å². The number of carbonyl (C=O) groups is 3. The number of ether oxygens (including phenoxy) is 3. The average Bonchev–Trinajstić information content (AvgIpc) is 3.33. The molecule has 0 unspecified atom stereocenters. The number of unbranched alkanes of at least 4 members (excludes halogenated alkanes) is 25. The van der Waals surface area contributed by atoms with Crippen molar-refractivity contribution in [3.8, 4) is 0 Å². The molecule has 0 saturated carbocycles. The van der Waals surface area contributed by atoms with Gasteiger partial charge in [0.15, 0.2) is 6.10 Å². The molecule has 0 aromatic carbocycles. The minimum Gasteiger partial charge on any atom is -0.462 e. The molecular weight excluding hydrogens is 829 g/mol. The maximum absolute atomic E-state index is 12.8. The van der Waals surface area contributed by atoms with Gasteiger partial charge in [0.25, 0.3) is 0 Å². The summed E-state index contributed by atoms with van der Waals surface area (Å²) in [5.41, 5.74) is 0. The number of allylic oxidation sites excluding steroid dienone is 14. The SMILES string of the molecule is CCCCC/C=C\C/C=C\C/C=C\C/C=C\CCCC(=O)O[C@H](COC(=O)CCCCCC/C=C\C/C=C\C/C=C\CCCCC)COC(=O)CCCCCCCCCCCCCCCCC. The molecule has 0 radical (unpaired) electrons. The molecule has 6 heteroatoms. The van der Waals surface area contributed by atoms with E-state index in [9.17, 15) is 14.4 Å². The Kier molecular flexibility index (Phi) is 52.4. The van der Waals surface area contributed by atoms with Crippen LogP contribution in [0.1, 0.15) is 265 Å². The Labute approximate surface area is 414 Å². The quantitative estimate of drug-likeness (QED) is 0.0262. The smallest absolute Gasteiger partial charge is 0.306 e. The van der Waals surface area contributed by atoms with Gasteiger partial charge in [0.1, 0.15) is 13.2 Å². The number of hydrogen-bond donors (Lipinski definition) is 0. The molecule has 67 heavy (non-hydrogen) atoms. The maximum atomic E-state index is 12.8. The molecule has 0 aliphatic carbocycles. The zero-order valence-electron chi connectivity index (χ0n) is 43.9. The molecule has 384 valence electrons. The lowest BCUT2D eigenvalue weighted by Crippen LogP contribution is -2.30. The van der Waals surface area contributed by atoms with Crippen molar-refractivity contribution in [3.63, 3.8) is 0 Å². The molecule has 0 saturated heterocycles. The van der Waals surface area contributed by atoms with Gasteiger partial charge in [0.2, 0.25) is 0 Å². The molecule has 0 amide bonds. The van der Waals surface area contributed by atoms with Crippen LogP contribution in [0.2, 0.25) is 0 Å². The fraction of sp³-hybridized carbons (Fsp3) is 0.721. The Morgan fingerprint density at radius 1 is 0.299 bits per heavy atom. The van der Waals surface area contributed by atoms with E-state index >= 15 is 0 Å². The van der Waals surface area contributed by atoms with Gasteiger partial charge in [-0.2, -0.15) is 0 Å². The average molecular weight is 933 g/mol. The van der Waals surface area contributed by atoms with Crippen molar-refractivity contribution in [1.29, 1.82) is 0 Å². The van der Waals surface area contributed by atoms with E-state index in [1.165, 1.54) is 128 Å². The largest absolute Gasteiger partial charge is 0.462 e. The van der Waals surface area contributed by atoms with Crippen LogP contribution in [0.4, 0.5) is 0 Å². The number of esters is 3. The van der Waals surface area contributed by atoms with Crippen LogP contribution >= 0.6 is 0 Å². The van der Waals surface area contributed by atoms with Crippen LogP contribution in [0, 0.1) is 0 Å². The highest BCUT2D eigenvalue weighted by Crippen LogP contribution is 2.15. The predicted molar refractivity (Wildman–Crippen MR) is 288 cm³/mol. The molecule has 0 spiro atoms. The van der Waals surface area contributed by atoms with Crippen molar-refractivity contribution in [1.82, 2.24) is 0 Å². The summed E-state index contributed by atoms with van der Waals surface area (Å²) >= 11 is 0. The molecule has 0 aliphatic heterocycles. The molecule has 0 aromatic heterocycles. The second-order valence-corrected chi connectivity index (χ2v) is 18.5. The Bertz CT molecular complexity index is 1300. The van der Waals surface area contributed by atoms with Crippen molar-refractivity contribution in [2.45, 2.75) is 271 Å². The molecule has 6 nitrogen and oxygen atoms in total. The first-order valence-electron chi connectivity index (χ1n) is 28.1. The van der Waals surface area contributed by atoms with Gasteiger partial charge in [0.05, 0.1) is 0 Å². The Balaban J connectivity index is 4.51. The van der Waals surface area contributed by atoms with E-state index in [2.05, 4.69) is 106 Å². The molecule has 0 bridgehead atoms. The van der Waals surface area contributed by atoms with Gasteiger partial charge in [-0.1, -0.05) is 234 Å². The highest BCUT2D eigenvalue weighted by Gasteiger charge is 2.19. The van der Waals surface area contributed by atoms with Gasteiger partial charge in [0, 0.05) is 19.3 Å². The van der Waals surface area contributed by atoms with Gasteiger partial charge in [-0.15, -0.1) is 0 Å². The van der Waals surface area contributed by atoms with Crippen molar-refractivity contribution in [2.75, 3.05) is 13.2 Å². The molecule has 0 rings (SSSR count). The number of rotatable bonds is 50. The van der Waals surface area contributed by atoms with Crippen molar-refractivity contribution < 1.29 is 28.6 Å². The monoisotopic (exact) mass is 933 g/mol. The fourth-order valence-electron chi connectivity index (χ4n) is 7.62. The van der Waals surface area contributed by atoms with Crippen LogP contribution in [-0.4, -0.2) is 37.2 Å². The van der Waals surface area contributed by atoms with Crippen LogP contribution in [0.5, 0.6) is 0 Å². The predicted octanol–water partition coefficient (Wildman–Crippen LogP) is 18.8. The zero-order chi connectivity index (χ0) is 48.6. The molecular formula is C61H104O6. The van der Waals surface area contributed by atoms with Crippen molar-refractivity contribution >= 4 is 17.9 Å². The van der Waals surface area contributed by atoms with E-state index < -0.39 is 6.10 Å². The van der Waals surface area contributed by atoms with Gasteiger partial charge in [-0.25, -0.2) is 0 Å². The molecule has 0 aromatic rings. The number of hydrogen-bond acceptors (Lipinski definition) is 6. The standard InChI is InChI=1S/C61H104O6/c1-4-7-10-13-16-19-22-25-28-30-33-36-39-42-45-48-51-54-60(63)66-57-58(56-65-59(62)53-50-47-44-41-38-35-32-27-24-21-18-15-12-9-6-3)67-61(64)55-52-49-46-43-40-37-34-31-29-26-23-20-17-14-11-8-5-2/h16-17,19-20,25-26,28-29,33-34,36-37,43,46,58H,4-15,18,21-24,27,30-32,35,38-42,44-45,47-57H2,1-3H3/b19-16-,20-17-,28-25-,29-26-,36-33-,37-34-,46-43-/t58-/m0/s1. The molecule has 0 aliphatic rings. The number of carbonyl (C=O) groups excluding carboxylic acids is 3. The molecule has 0 N–H and O–H groups in total. The van der Waals surface area contributed by atoms with E-state index in [1.54, 1.807) is 0 Å². The van der Waals surface area contributed by atoms with E-state index in [0.29, 0.717) is 19.3 Å². The van der Waals surface area contributed by atoms with Crippen LogP contribution in [0.15, 0.2) is 85.1 Å². The normalized spacial score (nSPS) is 12.7. The highest BCUT2D eigenvalue weighted by atomic mass is 16.6. The first kappa shape index (κ1) is 63.6. The Morgan fingerprint density at radius 3 is 0.910 bits per heavy atom. The summed E-state index contributed by atoms with van der Waals surface area (Å²) in [6.07, 6.45) is 71.4. The van der Waals surface area contributed by atoms with E-state index in [1.807, 2.05) is 0 Å². The van der Waals surface area contributed by atoms with Gasteiger partial charge < -0.3 is 14.2 Å². The third-order valence-electron chi connectivity index (χ3n) is 11.9. The van der Waals surface area contributed by atoms with Gasteiger partial charge in [-0.3, -0.25) is 14.4 Å². The molecule has 0 heterocycles. The Morgan fingerprint density at radius 2 is 0.552 bits per heavy atom. The first-order valence-corrected chi connectivity index (χ1v) is 28.1. The van der Waals surface area contributed by atoms with Crippen LogP contribution in [0.3, 0.4) is 0 Å². The molecule has 0 fully saturated rings. The second kappa shape index (κ2) is 55.2.